The van der Waals surface area contributed by atoms with Crippen LogP contribution in [0.4, 0.5) is 0 Å². The van der Waals surface area contributed by atoms with Gasteiger partial charge in [-0.05, 0) is 0 Å². The fourth-order valence-corrected chi connectivity index (χ4v) is 10.7. The second kappa shape index (κ2) is 11.0. The summed E-state index contributed by atoms with van der Waals surface area (Å²) in [7, 11) is -4.96. The molecule has 0 saturated carbocycles. The first-order chi connectivity index (χ1) is 18.4. The molecule has 0 amide bonds. The van der Waals surface area contributed by atoms with Gasteiger partial charge in [0.05, 0.1) is 0 Å². The molecule has 206 valence electrons. The molecular weight excluding hydrogens is 495 g/mol. The van der Waals surface area contributed by atoms with Gasteiger partial charge in [0.2, 0.25) is 0 Å². The van der Waals surface area contributed by atoms with Crippen molar-refractivity contribution >= 4 is 23.0 Å². The van der Waals surface area contributed by atoms with Crippen LogP contribution in [0.15, 0.2) is 91.0 Å². The van der Waals surface area contributed by atoms with E-state index >= 15 is 0 Å². The van der Waals surface area contributed by atoms with Gasteiger partial charge in [0.25, 0.3) is 0 Å². The summed E-state index contributed by atoms with van der Waals surface area (Å²) in [5.41, 5.74) is 6.18. The molecule has 0 bridgehead atoms. The first-order valence-corrected chi connectivity index (χ1v) is 16.5. The van der Waals surface area contributed by atoms with Gasteiger partial charge in [0.1, 0.15) is 0 Å². The van der Waals surface area contributed by atoms with Gasteiger partial charge in [0, 0.05) is 0 Å². The van der Waals surface area contributed by atoms with Crippen molar-refractivity contribution in [2.24, 2.45) is 0 Å². The van der Waals surface area contributed by atoms with Crippen LogP contribution in [0.1, 0.15) is 101 Å². The Morgan fingerprint density at radius 3 is 1.08 bits per heavy atom. The van der Waals surface area contributed by atoms with Crippen molar-refractivity contribution < 1.29 is 9.79 Å². The average Bonchev–Trinajstić information content (AvgIpc) is 2.92. The van der Waals surface area contributed by atoms with Crippen LogP contribution >= 0.6 is 7.06 Å². The predicted octanol–water partition coefficient (Wildman–Crippen LogP) is 8.49. The molecule has 0 radical (unpaired) electrons. The molecule has 3 heteroatoms. The Labute approximate surface area is 235 Å². The fraction of sp³-hybridized carbons (Fsp3) is 0.333. The molecule has 0 aliphatic rings. The second-order valence-corrected chi connectivity index (χ2v) is 15.6. The Balaban J connectivity index is 2.22. The predicted molar refractivity (Wildman–Crippen MR) is 171 cm³/mol. The summed E-state index contributed by atoms with van der Waals surface area (Å²) < 4.78 is 0. The van der Waals surface area contributed by atoms with E-state index in [4.69, 9.17) is 0 Å². The van der Waals surface area contributed by atoms with Gasteiger partial charge in [0.15, 0.2) is 0 Å². The molecule has 4 aromatic carbocycles. The molecule has 0 saturated heterocycles. The minimum absolute atomic E-state index is 0.122. The van der Waals surface area contributed by atoms with Gasteiger partial charge in [-0.15, -0.1) is 0 Å². The van der Waals surface area contributed by atoms with Crippen LogP contribution in [0.2, 0.25) is 0 Å². The van der Waals surface area contributed by atoms with E-state index in [1.807, 2.05) is 42.5 Å². The quantitative estimate of drug-likeness (QED) is 0.220. The van der Waals surface area contributed by atoms with Crippen molar-refractivity contribution in [2.75, 3.05) is 0 Å². The summed E-state index contributed by atoms with van der Waals surface area (Å²) in [6.07, 6.45) is 0. The minimum atomic E-state index is -4.96. The Bertz CT molecular complexity index is 1310. The normalized spacial score (nSPS) is 13.3. The van der Waals surface area contributed by atoms with E-state index in [-0.39, 0.29) is 23.7 Å². The third kappa shape index (κ3) is 5.11. The van der Waals surface area contributed by atoms with Gasteiger partial charge >= 0.3 is 236 Å². The van der Waals surface area contributed by atoms with Crippen molar-refractivity contribution in [3.05, 3.63) is 113 Å². The summed E-state index contributed by atoms with van der Waals surface area (Å²) >= 11 is 0. The standard InChI is InChI=1S/C36H45O2P/c1-24(2)31-16-12-17-32(25(3)4)35(31)39(37,38,36-33(26(5)6)18-13-19-34(36)27(7)8)30-22-20-29(21-23-30)28-14-10-9-11-15-28/h9-27,37-38H,1-8H3. The number of hydrogen-bond donors (Lipinski definition) is 2. The monoisotopic (exact) mass is 540 g/mol. The van der Waals surface area contributed by atoms with Crippen LogP contribution < -0.4 is 15.9 Å². The molecule has 0 aliphatic heterocycles. The van der Waals surface area contributed by atoms with Gasteiger partial charge in [-0.1, -0.05) is 0 Å². The van der Waals surface area contributed by atoms with Gasteiger partial charge in [-0.25, -0.2) is 0 Å². The van der Waals surface area contributed by atoms with E-state index in [1.165, 1.54) is 0 Å². The summed E-state index contributed by atoms with van der Waals surface area (Å²) in [4.78, 5) is 27.3. The maximum absolute atomic E-state index is 13.7. The van der Waals surface area contributed by atoms with Crippen LogP contribution in [0.25, 0.3) is 11.1 Å². The Hall–Kier alpha value is -2.77. The van der Waals surface area contributed by atoms with Crippen LogP contribution in [-0.2, 0) is 0 Å². The van der Waals surface area contributed by atoms with Crippen molar-refractivity contribution in [1.29, 1.82) is 0 Å². The van der Waals surface area contributed by atoms with E-state index in [9.17, 15) is 9.79 Å². The number of benzene rings is 4. The maximum atomic E-state index is 13.7. The molecular formula is C36H45O2P. The molecule has 0 heterocycles. The summed E-state index contributed by atoms with van der Waals surface area (Å²) in [6, 6.07) is 30.7. The van der Waals surface area contributed by atoms with Gasteiger partial charge < -0.3 is 0 Å². The zero-order valence-corrected chi connectivity index (χ0v) is 25.7. The Morgan fingerprint density at radius 2 is 0.744 bits per heavy atom. The Kier molecular flexibility index (Phi) is 8.25. The average molecular weight is 541 g/mol. The van der Waals surface area contributed by atoms with Gasteiger partial charge in [-0.2, -0.15) is 0 Å². The van der Waals surface area contributed by atoms with Crippen LogP contribution in [-0.4, -0.2) is 9.79 Å². The Morgan fingerprint density at radius 1 is 0.410 bits per heavy atom. The second-order valence-electron chi connectivity index (χ2n) is 12.1. The first kappa shape index (κ1) is 29.2. The van der Waals surface area contributed by atoms with Crippen molar-refractivity contribution in [1.82, 2.24) is 0 Å². The zero-order chi connectivity index (χ0) is 28.6. The van der Waals surface area contributed by atoms with Gasteiger partial charge in [-0.3, -0.25) is 0 Å². The van der Waals surface area contributed by atoms with Crippen LogP contribution in [0.3, 0.4) is 0 Å². The van der Waals surface area contributed by atoms with Crippen LogP contribution in [0, 0.1) is 0 Å². The van der Waals surface area contributed by atoms with E-state index in [1.54, 1.807) is 0 Å². The topological polar surface area (TPSA) is 40.5 Å². The van der Waals surface area contributed by atoms with E-state index in [0.717, 1.165) is 44.0 Å². The summed E-state index contributed by atoms with van der Waals surface area (Å²) in [5, 5.41) is 2.03. The molecule has 0 aliphatic carbocycles. The molecule has 0 fully saturated rings. The van der Waals surface area contributed by atoms with Crippen molar-refractivity contribution in [2.45, 2.75) is 79.1 Å². The SMILES string of the molecule is CC(C)c1cccc(C(C)C)c1P(O)(O)(c1ccc(-c2ccccc2)cc1)c1c(C(C)C)cccc1C(C)C. The molecule has 0 atom stereocenters. The molecule has 0 aromatic heterocycles. The molecule has 0 unspecified atom stereocenters. The van der Waals surface area contributed by atoms with E-state index in [2.05, 4.69) is 104 Å². The van der Waals surface area contributed by atoms with Crippen LogP contribution in [0.5, 0.6) is 0 Å². The molecule has 39 heavy (non-hydrogen) atoms. The summed E-state index contributed by atoms with van der Waals surface area (Å²) in [5.74, 6) is 0.488. The number of rotatable bonds is 8. The third-order valence-electron chi connectivity index (χ3n) is 8.00. The molecule has 2 nitrogen and oxygen atoms in total. The first-order valence-electron chi connectivity index (χ1n) is 14.3. The van der Waals surface area contributed by atoms with Crippen molar-refractivity contribution in [3.8, 4) is 11.1 Å². The fourth-order valence-electron chi connectivity index (χ4n) is 5.94. The molecule has 4 aromatic rings. The van der Waals surface area contributed by atoms with Crippen molar-refractivity contribution in [3.63, 3.8) is 0 Å². The third-order valence-corrected chi connectivity index (χ3v) is 12.0. The summed E-state index contributed by atoms with van der Waals surface area (Å²) in [6.45, 7) is 17.2. The molecule has 0 spiro atoms. The molecule has 2 N–H and O–H groups in total. The van der Waals surface area contributed by atoms with E-state index in [0.29, 0.717) is 5.30 Å². The molecule has 4 rings (SSSR count). The number of hydrogen-bond acceptors (Lipinski definition) is 2. The van der Waals surface area contributed by atoms with E-state index < -0.39 is 7.06 Å². The zero-order valence-electron chi connectivity index (χ0n) is 24.8.